The van der Waals surface area contributed by atoms with E-state index in [-0.39, 0.29) is 18.3 Å². The van der Waals surface area contributed by atoms with Gasteiger partial charge >= 0.3 is 0 Å². The number of hydrogen-bond acceptors (Lipinski definition) is 5. The summed E-state index contributed by atoms with van der Waals surface area (Å²) in [4.78, 5) is 15.7. The van der Waals surface area contributed by atoms with E-state index in [2.05, 4.69) is 15.5 Å². The Morgan fingerprint density at radius 3 is 2.78 bits per heavy atom. The molecule has 0 aliphatic carbocycles. The summed E-state index contributed by atoms with van der Waals surface area (Å²) in [6.45, 7) is 1.37. The van der Waals surface area contributed by atoms with Crippen molar-refractivity contribution < 1.29 is 15.0 Å². The predicted molar refractivity (Wildman–Crippen MR) is 87.1 cm³/mol. The van der Waals surface area contributed by atoms with Crippen molar-refractivity contribution >= 4 is 12.1 Å². The number of aromatic hydroxyl groups is 1. The van der Waals surface area contributed by atoms with Gasteiger partial charge in [-0.3, -0.25) is 9.78 Å². The molecule has 1 amide bonds. The average molecular weight is 313 g/mol. The molecule has 6 nitrogen and oxygen atoms in total. The molecule has 0 aliphatic heterocycles. The number of carbonyl (C=O) groups is 1. The van der Waals surface area contributed by atoms with Crippen LogP contribution in [0.25, 0.3) is 0 Å². The summed E-state index contributed by atoms with van der Waals surface area (Å²) < 4.78 is 0. The second-order valence-electron chi connectivity index (χ2n) is 5.07. The minimum atomic E-state index is -0.274. The van der Waals surface area contributed by atoms with Crippen LogP contribution in [0.5, 0.6) is 5.75 Å². The summed E-state index contributed by atoms with van der Waals surface area (Å²) >= 11 is 0. The monoisotopic (exact) mass is 313 g/mol. The second kappa shape index (κ2) is 8.05. The number of carbonyl (C=O) groups excluding carboxylic acids is 1. The molecule has 0 radical (unpaired) electrons. The van der Waals surface area contributed by atoms with Gasteiger partial charge in [0, 0.05) is 23.7 Å². The molecule has 120 valence electrons. The highest BCUT2D eigenvalue weighted by Gasteiger charge is 2.09. The largest absolute Gasteiger partial charge is 0.505 e. The molecule has 1 aromatic carbocycles. The fourth-order valence-electron chi connectivity index (χ4n) is 2.05. The maximum absolute atomic E-state index is 11.8. The Balaban J connectivity index is 1.94. The lowest BCUT2D eigenvalue weighted by Gasteiger charge is -2.07. The van der Waals surface area contributed by atoms with Crippen LogP contribution in [0, 0.1) is 6.92 Å². The molecule has 0 aliphatic rings. The number of benzene rings is 1. The first-order valence-corrected chi connectivity index (χ1v) is 7.26. The number of rotatable bonds is 6. The van der Waals surface area contributed by atoms with Crippen LogP contribution in [0.2, 0.25) is 0 Å². The van der Waals surface area contributed by atoms with Gasteiger partial charge in [-0.25, -0.2) is 5.43 Å². The number of aromatic nitrogens is 1. The molecule has 0 spiro atoms. The highest BCUT2D eigenvalue weighted by Crippen LogP contribution is 2.21. The Morgan fingerprint density at radius 1 is 1.35 bits per heavy atom. The molecule has 2 aromatic rings. The van der Waals surface area contributed by atoms with Crippen molar-refractivity contribution in [3.8, 4) is 5.75 Å². The molecular weight excluding hydrogens is 294 g/mol. The van der Waals surface area contributed by atoms with Gasteiger partial charge in [-0.05, 0) is 18.9 Å². The van der Waals surface area contributed by atoms with Crippen LogP contribution in [0.1, 0.15) is 28.8 Å². The number of nitrogens with zero attached hydrogens (tertiary/aromatic N) is 2. The number of nitrogens with one attached hydrogen (secondary N) is 1. The zero-order valence-electron chi connectivity index (χ0n) is 12.9. The first-order chi connectivity index (χ1) is 11.1. The van der Waals surface area contributed by atoms with Crippen LogP contribution in [0.4, 0.5) is 0 Å². The predicted octanol–water partition coefficient (Wildman–Crippen LogP) is 1.67. The molecule has 0 fully saturated rings. The zero-order chi connectivity index (χ0) is 16.7. The van der Waals surface area contributed by atoms with Crippen molar-refractivity contribution in [3.05, 3.63) is 58.9 Å². The van der Waals surface area contributed by atoms with Crippen molar-refractivity contribution in [2.45, 2.75) is 26.4 Å². The third-order valence-corrected chi connectivity index (χ3v) is 3.39. The van der Waals surface area contributed by atoms with Gasteiger partial charge in [-0.15, -0.1) is 0 Å². The molecule has 1 heterocycles. The maximum Gasteiger partial charge on any atom is 0.240 e. The summed E-state index contributed by atoms with van der Waals surface area (Å²) in [5, 5.41) is 23.0. The molecule has 3 N–H and O–H groups in total. The lowest BCUT2D eigenvalue weighted by Crippen LogP contribution is -2.18. The van der Waals surface area contributed by atoms with E-state index in [1.165, 1.54) is 12.4 Å². The zero-order valence-corrected chi connectivity index (χ0v) is 12.9. The standard InChI is InChI=1S/C17H19N3O3/c1-12-17(23)15(14(11-21)9-18-12)10-19-20-16(22)8-7-13-5-3-2-4-6-13/h2-6,9-10,21,23H,7-8,11H2,1H3,(H,20,22)/b19-10+. The lowest BCUT2D eigenvalue weighted by molar-refractivity contribution is -0.121. The quantitative estimate of drug-likeness (QED) is 0.558. The van der Waals surface area contributed by atoms with Gasteiger partial charge in [0.25, 0.3) is 0 Å². The van der Waals surface area contributed by atoms with Gasteiger partial charge in [0.15, 0.2) is 0 Å². The molecule has 0 unspecified atom stereocenters. The lowest BCUT2D eigenvalue weighted by atomic mass is 10.1. The molecule has 2 rings (SSSR count). The number of aliphatic hydroxyl groups is 1. The summed E-state index contributed by atoms with van der Waals surface area (Å²) in [5.74, 6) is -0.278. The van der Waals surface area contributed by atoms with E-state index in [1.54, 1.807) is 6.92 Å². The molecular formula is C17H19N3O3. The topological polar surface area (TPSA) is 94.8 Å². The molecule has 0 saturated heterocycles. The van der Waals surface area contributed by atoms with Crippen molar-refractivity contribution in [1.29, 1.82) is 0 Å². The van der Waals surface area contributed by atoms with Gasteiger partial charge in [-0.1, -0.05) is 30.3 Å². The molecule has 1 aromatic heterocycles. The fourth-order valence-corrected chi connectivity index (χ4v) is 2.05. The van der Waals surface area contributed by atoms with Gasteiger partial charge < -0.3 is 10.2 Å². The highest BCUT2D eigenvalue weighted by atomic mass is 16.3. The summed E-state index contributed by atoms with van der Waals surface area (Å²) in [6.07, 6.45) is 3.73. The van der Waals surface area contributed by atoms with E-state index in [0.29, 0.717) is 29.7 Å². The molecule has 6 heteroatoms. The summed E-state index contributed by atoms with van der Waals surface area (Å²) in [6, 6.07) is 9.70. The Labute approximate surface area is 134 Å². The van der Waals surface area contributed by atoms with Crippen molar-refractivity contribution in [2.24, 2.45) is 5.10 Å². The third kappa shape index (κ3) is 4.62. The van der Waals surface area contributed by atoms with Gasteiger partial charge in [-0.2, -0.15) is 5.10 Å². The maximum atomic E-state index is 11.8. The fraction of sp³-hybridized carbons (Fsp3) is 0.235. The van der Waals surface area contributed by atoms with E-state index >= 15 is 0 Å². The van der Waals surface area contributed by atoms with E-state index in [9.17, 15) is 15.0 Å². The van der Waals surface area contributed by atoms with Gasteiger partial charge in [0.2, 0.25) is 5.91 Å². The number of amides is 1. The molecule has 0 bridgehead atoms. The number of pyridine rings is 1. The average Bonchev–Trinajstić information content (AvgIpc) is 2.58. The first kappa shape index (κ1) is 16.6. The smallest absolute Gasteiger partial charge is 0.240 e. The molecule has 23 heavy (non-hydrogen) atoms. The van der Waals surface area contributed by atoms with Crippen LogP contribution in [-0.2, 0) is 17.8 Å². The van der Waals surface area contributed by atoms with E-state index in [0.717, 1.165) is 5.56 Å². The van der Waals surface area contributed by atoms with Crippen LogP contribution < -0.4 is 5.43 Å². The number of hydrogen-bond donors (Lipinski definition) is 3. The number of aryl methyl sites for hydroxylation is 2. The minimum Gasteiger partial charge on any atom is -0.505 e. The highest BCUT2D eigenvalue weighted by molar-refractivity contribution is 5.87. The number of aliphatic hydroxyl groups excluding tert-OH is 1. The summed E-state index contributed by atoms with van der Waals surface area (Å²) in [5.41, 5.74) is 4.72. The van der Waals surface area contributed by atoms with Gasteiger partial charge in [0.05, 0.1) is 18.5 Å². The molecule has 0 saturated carbocycles. The van der Waals surface area contributed by atoms with Crippen molar-refractivity contribution in [3.63, 3.8) is 0 Å². The van der Waals surface area contributed by atoms with Crippen LogP contribution in [0.3, 0.4) is 0 Å². The van der Waals surface area contributed by atoms with Crippen LogP contribution >= 0.6 is 0 Å². The van der Waals surface area contributed by atoms with Crippen molar-refractivity contribution in [1.82, 2.24) is 10.4 Å². The Hall–Kier alpha value is -2.73. The SMILES string of the molecule is Cc1ncc(CO)c(/C=N/NC(=O)CCc2ccccc2)c1O. The van der Waals surface area contributed by atoms with Gasteiger partial charge in [0.1, 0.15) is 5.75 Å². The van der Waals surface area contributed by atoms with E-state index < -0.39 is 0 Å². The van der Waals surface area contributed by atoms with Crippen LogP contribution in [-0.4, -0.2) is 27.3 Å². The Bertz CT molecular complexity index is 700. The van der Waals surface area contributed by atoms with Crippen molar-refractivity contribution in [2.75, 3.05) is 0 Å². The third-order valence-electron chi connectivity index (χ3n) is 3.39. The number of hydrazone groups is 1. The van der Waals surface area contributed by atoms with E-state index in [4.69, 9.17) is 0 Å². The summed E-state index contributed by atoms with van der Waals surface area (Å²) in [7, 11) is 0. The second-order valence-corrected chi connectivity index (χ2v) is 5.07. The first-order valence-electron chi connectivity index (χ1n) is 7.26. The van der Waals surface area contributed by atoms with Crippen LogP contribution in [0.15, 0.2) is 41.6 Å². The van der Waals surface area contributed by atoms with E-state index in [1.807, 2.05) is 30.3 Å². The normalized spacial score (nSPS) is 10.9. The minimum absolute atomic E-state index is 0.0566. The Kier molecular flexibility index (Phi) is 5.82. The Morgan fingerprint density at radius 2 is 2.09 bits per heavy atom. The molecule has 0 atom stereocenters.